The molecule has 0 spiro atoms. The van der Waals surface area contributed by atoms with Crippen LogP contribution in [-0.2, 0) is 0 Å². The second kappa shape index (κ2) is 6.12. The van der Waals surface area contributed by atoms with Crippen LogP contribution in [0.4, 0.5) is 5.69 Å². The first-order valence-corrected chi connectivity index (χ1v) is 6.18. The number of hydrogen-bond acceptors (Lipinski definition) is 3. The normalized spacial score (nSPS) is 12.4. The van der Waals surface area contributed by atoms with E-state index in [2.05, 4.69) is 5.32 Å². The van der Waals surface area contributed by atoms with Gasteiger partial charge in [-0.3, -0.25) is 0 Å². The lowest BCUT2D eigenvalue weighted by atomic mass is 10.1. The molecule has 4 heteroatoms. The summed E-state index contributed by atoms with van der Waals surface area (Å²) in [6.07, 6.45) is 0.911. The highest BCUT2D eigenvalue weighted by atomic mass is 35.5. The molecule has 0 aliphatic heterocycles. The first kappa shape index (κ1) is 14.1. The summed E-state index contributed by atoms with van der Waals surface area (Å²) < 4.78 is 5.37. The SMILES string of the molecule is COc1cc(C)c(Cl)c(C)c1NCCC(C)N. The third-order valence-corrected chi connectivity index (χ3v) is 3.35. The molecular weight excluding hydrogens is 236 g/mol. The smallest absolute Gasteiger partial charge is 0.142 e. The van der Waals surface area contributed by atoms with Crippen LogP contribution in [0.3, 0.4) is 0 Å². The number of rotatable bonds is 5. The van der Waals surface area contributed by atoms with Gasteiger partial charge in [0.2, 0.25) is 0 Å². The molecule has 1 rings (SSSR count). The minimum absolute atomic E-state index is 0.190. The van der Waals surface area contributed by atoms with Crippen molar-refractivity contribution in [3.8, 4) is 5.75 Å². The molecule has 1 unspecified atom stereocenters. The van der Waals surface area contributed by atoms with E-state index in [1.165, 1.54) is 0 Å². The number of nitrogens with one attached hydrogen (secondary N) is 1. The number of benzene rings is 1. The molecule has 0 amide bonds. The van der Waals surface area contributed by atoms with Crippen molar-refractivity contribution in [1.82, 2.24) is 0 Å². The van der Waals surface area contributed by atoms with Crippen molar-refractivity contribution in [2.75, 3.05) is 19.0 Å². The Kier molecular flexibility index (Phi) is 5.09. The molecule has 3 nitrogen and oxygen atoms in total. The molecule has 0 aromatic heterocycles. The summed E-state index contributed by atoms with van der Waals surface area (Å²) in [4.78, 5) is 0. The number of methoxy groups -OCH3 is 1. The van der Waals surface area contributed by atoms with Gasteiger partial charge in [0, 0.05) is 17.6 Å². The second-order valence-corrected chi connectivity index (χ2v) is 4.78. The number of aryl methyl sites for hydroxylation is 1. The highest BCUT2D eigenvalue weighted by Gasteiger charge is 2.12. The Morgan fingerprint density at radius 2 is 2.12 bits per heavy atom. The molecule has 3 N–H and O–H groups in total. The maximum absolute atomic E-state index is 6.23. The van der Waals surface area contributed by atoms with Gasteiger partial charge in [0.1, 0.15) is 5.75 Å². The van der Waals surface area contributed by atoms with E-state index in [0.717, 1.165) is 40.6 Å². The van der Waals surface area contributed by atoms with Gasteiger partial charge in [-0.25, -0.2) is 0 Å². The zero-order chi connectivity index (χ0) is 13.0. The average molecular weight is 257 g/mol. The summed E-state index contributed by atoms with van der Waals surface area (Å²) >= 11 is 6.23. The van der Waals surface area contributed by atoms with Crippen molar-refractivity contribution < 1.29 is 4.74 Å². The zero-order valence-corrected chi connectivity index (χ0v) is 11.7. The first-order valence-electron chi connectivity index (χ1n) is 5.80. The highest BCUT2D eigenvalue weighted by Crippen LogP contribution is 2.35. The van der Waals surface area contributed by atoms with E-state index in [1.54, 1.807) is 7.11 Å². The number of anilines is 1. The van der Waals surface area contributed by atoms with E-state index in [-0.39, 0.29) is 6.04 Å². The van der Waals surface area contributed by atoms with E-state index in [9.17, 15) is 0 Å². The first-order chi connectivity index (χ1) is 7.97. The largest absolute Gasteiger partial charge is 0.495 e. The fourth-order valence-corrected chi connectivity index (χ4v) is 1.88. The molecule has 0 saturated heterocycles. The molecule has 0 fully saturated rings. The molecule has 0 saturated carbocycles. The van der Waals surface area contributed by atoms with Crippen LogP contribution in [-0.4, -0.2) is 19.7 Å². The number of nitrogens with two attached hydrogens (primary N) is 1. The molecule has 96 valence electrons. The summed E-state index contributed by atoms with van der Waals surface area (Å²) in [7, 11) is 1.67. The van der Waals surface area contributed by atoms with Crippen molar-refractivity contribution in [2.24, 2.45) is 5.73 Å². The number of hydrogen-bond donors (Lipinski definition) is 2. The van der Waals surface area contributed by atoms with E-state index < -0.39 is 0 Å². The molecule has 0 radical (unpaired) electrons. The van der Waals surface area contributed by atoms with E-state index in [1.807, 2.05) is 26.8 Å². The van der Waals surface area contributed by atoms with Gasteiger partial charge < -0.3 is 15.8 Å². The molecule has 1 atom stereocenters. The van der Waals surface area contributed by atoms with Crippen molar-refractivity contribution in [3.63, 3.8) is 0 Å². The summed E-state index contributed by atoms with van der Waals surface area (Å²) in [5.74, 6) is 0.828. The third kappa shape index (κ3) is 3.51. The quantitative estimate of drug-likeness (QED) is 0.851. The fourth-order valence-electron chi connectivity index (χ4n) is 1.73. The average Bonchev–Trinajstić information content (AvgIpc) is 2.28. The van der Waals surface area contributed by atoms with Crippen LogP contribution in [0.2, 0.25) is 5.02 Å². The van der Waals surface area contributed by atoms with Gasteiger partial charge in [-0.05, 0) is 44.4 Å². The van der Waals surface area contributed by atoms with E-state index in [4.69, 9.17) is 22.1 Å². The van der Waals surface area contributed by atoms with Gasteiger partial charge in [0.25, 0.3) is 0 Å². The van der Waals surface area contributed by atoms with Gasteiger partial charge in [0.05, 0.1) is 12.8 Å². The predicted molar refractivity (Wildman–Crippen MR) is 74.2 cm³/mol. The predicted octanol–water partition coefficient (Wildman–Crippen LogP) is 3.11. The Hall–Kier alpha value is -0.930. The highest BCUT2D eigenvalue weighted by molar-refractivity contribution is 6.32. The lowest BCUT2D eigenvalue weighted by molar-refractivity contribution is 0.415. The van der Waals surface area contributed by atoms with Crippen LogP contribution in [0.1, 0.15) is 24.5 Å². The van der Waals surface area contributed by atoms with Crippen molar-refractivity contribution in [1.29, 1.82) is 0 Å². The summed E-state index contributed by atoms with van der Waals surface area (Å²) in [5.41, 5.74) is 8.73. The Morgan fingerprint density at radius 3 is 2.65 bits per heavy atom. The lowest BCUT2D eigenvalue weighted by Crippen LogP contribution is -2.19. The monoisotopic (exact) mass is 256 g/mol. The second-order valence-electron chi connectivity index (χ2n) is 4.40. The molecular formula is C13H21ClN2O. The van der Waals surface area contributed by atoms with Crippen LogP contribution in [0, 0.1) is 13.8 Å². The molecule has 0 bridgehead atoms. The Balaban J connectivity index is 2.92. The van der Waals surface area contributed by atoms with Crippen LogP contribution in [0.15, 0.2) is 6.07 Å². The minimum Gasteiger partial charge on any atom is -0.495 e. The molecule has 0 aliphatic rings. The van der Waals surface area contributed by atoms with Crippen LogP contribution in [0.5, 0.6) is 5.75 Å². The maximum Gasteiger partial charge on any atom is 0.142 e. The van der Waals surface area contributed by atoms with Crippen molar-refractivity contribution >= 4 is 17.3 Å². The number of ether oxygens (including phenoxy) is 1. The zero-order valence-electron chi connectivity index (χ0n) is 10.9. The number of halogens is 1. The van der Waals surface area contributed by atoms with Gasteiger partial charge in [-0.2, -0.15) is 0 Å². The summed E-state index contributed by atoms with van der Waals surface area (Å²) in [6.45, 7) is 6.78. The molecule has 1 aromatic carbocycles. The minimum atomic E-state index is 0.190. The van der Waals surface area contributed by atoms with Gasteiger partial charge in [-0.15, -0.1) is 0 Å². The van der Waals surface area contributed by atoms with Crippen LogP contribution in [0.25, 0.3) is 0 Å². The van der Waals surface area contributed by atoms with Crippen LogP contribution < -0.4 is 15.8 Å². The molecule has 0 heterocycles. The van der Waals surface area contributed by atoms with Gasteiger partial charge in [-0.1, -0.05) is 11.6 Å². The Labute approximate surface area is 108 Å². The standard InChI is InChI=1S/C13H21ClN2O/c1-8-7-11(17-4)13(10(3)12(8)14)16-6-5-9(2)15/h7,9,16H,5-6,15H2,1-4H3. The van der Waals surface area contributed by atoms with E-state index >= 15 is 0 Å². The fraction of sp³-hybridized carbons (Fsp3) is 0.538. The topological polar surface area (TPSA) is 47.3 Å². The Bertz CT molecular complexity index is 391. The van der Waals surface area contributed by atoms with Crippen molar-refractivity contribution in [2.45, 2.75) is 33.2 Å². The lowest BCUT2D eigenvalue weighted by Gasteiger charge is -2.17. The molecule has 1 aromatic rings. The summed E-state index contributed by atoms with van der Waals surface area (Å²) in [6, 6.07) is 2.14. The molecule has 0 aliphatic carbocycles. The third-order valence-electron chi connectivity index (χ3n) is 2.77. The van der Waals surface area contributed by atoms with E-state index in [0.29, 0.717) is 0 Å². The molecule has 17 heavy (non-hydrogen) atoms. The van der Waals surface area contributed by atoms with Gasteiger partial charge in [0.15, 0.2) is 0 Å². The maximum atomic E-state index is 6.23. The van der Waals surface area contributed by atoms with Gasteiger partial charge >= 0.3 is 0 Å². The Morgan fingerprint density at radius 1 is 1.47 bits per heavy atom. The van der Waals surface area contributed by atoms with Crippen LogP contribution >= 0.6 is 11.6 Å². The summed E-state index contributed by atoms with van der Waals surface area (Å²) in [5, 5.41) is 4.13. The van der Waals surface area contributed by atoms with Crippen molar-refractivity contribution in [3.05, 3.63) is 22.2 Å².